The van der Waals surface area contributed by atoms with Crippen LogP contribution in [0.15, 0.2) is 34.7 Å². The van der Waals surface area contributed by atoms with Gasteiger partial charge in [-0.3, -0.25) is 0 Å². The van der Waals surface area contributed by atoms with E-state index in [1.165, 1.54) is 0 Å². The van der Waals surface area contributed by atoms with Gasteiger partial charge in [0.25, 0.3) is 0 Å². The summed E-state index contributed by atoms with van der Waals surface area (Å²) in [6.45, 7) is 5.13. The van der Waals surface area contributed by atoms with Crippen LogP contribution in [0.3, 0.4) is 0 Å². The highest BCUT2D eigenvalue weighted by atomic mass is 79.9. The summed E-state index contributed by atoms with van der Waals surface area (Å²) in [6.07, 6.45) is 3.19. The number of hydrogen-bond acceptors (Lipinski definition) is 4. The molecule has 1 heterocycles. The van der Waals surface area contributed by atoms with E-state index < -0.39 is 17.7 Å². The van der Waals surface area contributed by atoms with Crippen LogP contribution in [0.1, 0.15) is 6.92 Å². The molecule has 0 aromatic carbocycles. The Labute approximate surface area is 105 Å². The van der Waals surface area contributed by atoms with Gasteiger partial charge in [0.15, 0.2) is 11.5 Å². The Hall–Kier alpha value is -1.76. The lowest BCUT2D eigenvalue weighted by Crippen LogP contribution is -2.47. The number of aliphatic carboxylic acids is 2. The van der Waals surface area contributed by atoms with Crippen molar-refractivity contribution in [2.75, 3.05) is 0 Å². The van der Waals surface area contributed by atoms with Crippen LogP contribution in [0.25, 0.3) is 0 Å². The highest BCUT2D eigenvalue weighted by Gasteiger charge is 2.59. The van der Waals surface area contributed by atoms with Crippen molar-refractivity contribution in [3.8, 4) is 0 Å². The quantitative estimate of drug-likeness (QED) is 0.769. The predicted octanol–water partition coefficient (Wildman–Crippen LogP) is 1.59. The van der Waals surface area contributed by atoms with Crippen LogP contribution in [-0.2, 0) is 19.1 Å². The van der Waals surface area contributed by atoms with Gasteiger partial charge >= 0.3 is 17.7 Å². The van der Waals surface area contributed by atoms with Crippen molar-refractivity contribution < 1.29 is 29.3 Å². The van der Waals surface area contributed by atoms with Gasteiger partial charge < -0.3 is 19.7 Å². The maximum absolute atomic E-state index is 10.9. The monoisotopic (exact) mass is 304 g/mol. The molecule has 1 saturated heterocycles. The average Bonchev–Trinajstić information content (AvgIpc) is 2.58. The second-order valence-electron chi connectivity index (χ2n) is 3.03. The first kappa shape index (κ1) is 13.3. The summed E-state index contributed by atoms with van der Waals surface area (Å²) in [5.74, 6) is -6.52. The van der Waals surface area contributed by atoms with Gasteiger partial charge in [-0.2, -0.15) is 0 Å². The van der Waals surface area contributed by atoms with Gasteiger partial charge in [-0.15, -0.1) is 0 Å². The lowest BCUT2D eigenvalue weighted by Gasteiger charge is -2.16. The van der Waals surface area contributed by atoms with Crippen LogP contribution in [0.4, 0.5) is 0 Å². The van der Waals surface area contributed by atoms with Crippen LogP contribution < -0.4 is 0 Å². The molecule has 0 aliphatic carbocycles. The molecule has 1 fully saturated rings. The van der Waals surface area contributed by atoms with Crippen LogP contribution in [-0.4, -0.2) is 27.9 Å². The molecule has 0 bridgehead atoms. The molecule has 0 radical (unpaired) electrons. The second-order valence-corrected chi connectivity index (χ2v) is 3.89. The van der Waals surface area contributed by atoms with E-state index in [-0.39, 0.29) is 11.5 Å². The molecule has 7 heteroatoms. The maximum atomic E-state index is 10.9. The van der Waals surface area contributed by atoms with Crippen molar-refractivity contribution in [2.45, 2.75) is 12.7 Å². The zero-order valence-corrected chi connectivity index (χ0v) is 10.4. The zero-order chi connectivity index (χ0) is 13.2. The van der Waals surface area contributed by atoms with Crippen molar-refractivity contribution in [3.63, 3.8) is 0 Å². The van der Waals surface area contributed by atoms with E-state index in [4.69, 9.17) is 19.7 Å². The van der Waals surface area contributed by atoms with E-state index in [1.54, 1.807) is 19.1 Å². The normalized spacial score (nSPS) is 20.9. The highest BCUT2D eigenvalue weighted by molar-refractivity contribution is 9.11. The molecule has 0 spiro atoms. The minimum atomic E-state index is -2.77. The molecule has 0 saturated carbocycles. The highest BCUT2D eigenvalue weighted by Crippen LogP contribution is 2.37. The molecular formula is C10H9BrO6. The van der Waals surface area contributed by atoms with Gasteiger partial charge in [-0.25, -0.2) is 9.59 Å². The lowest BCUT2D eigenvalue weighted by atomic mass is 10.3. The van der Waals surface area contributed by atoms with Crippen molar-refractivity contribution in [1.29, 1.82) is 0 Å². The third-order valence-corrected chi connectivity index (χ3v) is 2.48. The molecule has 1 aliphatic heterocycles. The van der Waals surface area contributed by atoms with Crippen molar-refractivity contribution >= 4 is 27.9 Å². The van der Waals surface area contributed by atoms with Gasteiger partial charge in [0.05, 0.1) is 4.48 Å². The molecule has 0 unspecified atom stereocenters. The molecule has 1 aliphatic rings. The Morgan fingerprint density at radius 2 is 1.88 bits per heavy atom. The molecule has 1 rings (SSSR count). The number of ether oxygens (including phenoxy) is 2. The van der Waals surface area contributed by atoms with Gasteiger partial charge in [0.2, 0.25) is 0 Å². The molecule has 0 aromatic heterocycles. The number of allylic oxidation sites excluding steroid dienone is 3. The van der Waals surface area contributed by atoms with E-state index in [2.05, 4.69) is 22.5 Å². The Morgan fingerprint density at radius 1 is 1.35 bits per heavy atom. The summed E-state index contributed by atoms with van der Waals surface area (Å²) in [4.78, 5) is 21.8. The fourth-order valence-electron chi connectivity index (χ4n) is 1.11. The fraction of sp³-hybridized carbons (Fsp3) is 0.200. The van der Waals surface area contributed by atoms with E-state index >= 15 is 0 Å². The SMILES string of the molecule is C=C1OC(C(=O)O)(C(=O)O)O/C1=C(Br)/C=C\C. The van der Waals surface area contributed by atoms with Gasteiger partial charge in [0.1, 0.15) is 0 Å². The topological polar surface area (TPSA) is 93.1 Å². The summed E-state index contributed by atoms with van der Waals surface area (Å²) < 4.78 is 9.92. The summed E-state index contributed by atoms with van der Waals surface area (Å²) in [5.41, 5.74) is 0. The third-order valence-electron chi connectivity index (χ3n) is 1.86. The standard InChI is InChI=1S/C10H9BrO6/c1-3-4-6(11)7-5(2)16-10(17-7,8(12)13)9(14)15/h3-4H,2H2,1H3,(H,12,13)(H,14,15)/b4-3-,7-6-. The Balaban J connectivity index is 3.24. The fourth-order valence-corrected chi connectivity index (χ4v) is 1.68. The van der Waals surface area contributed by atoms with Crippen molar-refractivity contribution in [2.24, 2.45) is 0 Å². The van der Waals surface area contributed by atoms with E-state index in [0.717, 1.165) is 0 Å². The largest absolute Gasteiger partial charge is 0.475 e. The minimum absolute atomic E-state index is 0.0621. The Kier molecular flexibility index (Phi) is 3.62. The molecule has 17 heavy (non-hydrogen) atoms. The van der Waals surface area contributed by atoms with E-state index in [0.29, 0.717) is 4.48 Å². The van der Waals surface area contributed by atoms with Crippen LogP contribution in [0.5, 0.6) is 0 Å². The number of carboxylic acid groups (broad SMARTS) is 2. The third kappa shape index (κ3) is 2.19. The zero-order valence-electron chi connectivity index (χ0n) is 8.77. The smallest absolute Gasteiger partial charge is 0.453 e. The van der Waals surface area contributed by atoms with Gasteiger partial charge in [-0.05, 0) is 28.9 Å². The lowest BCUT2D eigenvalue weighted by molar-refractivity contribution is -0.208. The van der Waals surface area contributed by atoms with Crippen LogP contribution in [0.2, 0.25) is 0 Å². The molecule has 0 aromatic rings. The number of carbonyl (C=O) groups is 2. The second kappa shape index (κ2) is 4.62. The number of hydrogen-bond donors (Lipinski definition) is 2. The van der Waals surface area contributed by atoms with E-state index in [9.17, 15) is 9.59 Å². The first-order valence-corrected chi connectivity index (χ1v) is 5.21. The van der Waals surface area contributed by atoms with Crippen LogP contribution >= 0.6 is 15.9 Å². The molecule has 2 N–H and O–H groups in total. The summed E-state index contributed by atoms with van der Waals surface area (Å²) in [5, 5.41) is 17.7. The predicted molar refractivity (Wildman–Crippen MR) is 60.1 cm³/mol. The molecule has 0 atom stereocenters. The molecular weight excluding hydrogens is 296 g/mol. The van der Waals surface area contributed by atoms with Gasteiger partial charge in [-0.1, -0.05) is 12.7 Å². The summed E-state index contributed by atoms with van der Waals surface area (Å²) in [7, 11) is 0. The molecule has 6 nitrogen and oxygen atoms in total. The summed E-state index contributed by atoms with van der Waals surface area (Å²) >= 11 is 3.10. The molecule has 0 amide bonds. The average molecular weight is 305 g/mol. The van der Waals surface area contributed by atoms with Crippen LogP contribution in [0, 0.1) is 0 Å². The van der Waals surface area contributed by atoms with Gasteiger partial charge in [0, 0.05) is 0 Å². The maximum Gasteiger partial charge on any atom is 0.453 e. The van der Waals surface area contributed by atoms with Crippen molar-refractivity contribution in [1.82, 2.24) is 0 Å². The number of halogens is 1. The Bertz CT molecular complexity index is 434. The number of rotatable bonds is 3. The Morgan fingerprint density at radius 3 is 2.24 bits per heavy atom. The van der Waals surface area contributed by atoms with E-state index in [1.807, 2.05) is 0 Å². The first-order chi connectivity index (χ1) is 7.85. The molecule has 92 valence electrons. The number of carboxylic acids is 2. The minimum Gasteiger partial charge on any atom is -0.475 e. The summed E-state index contributed by atoms with van der Waals surface area (Å²) in [6, 6.07) is 0. The van der Waals surface area contributed by atoms with Crippen molar-refractivity contribution in [3.05, 3.63) is 34.7 Å². The first-order valence-electron chi connectivity index (χ1n) is 4.41.